The number of carbonyl (C=O) groups is 1. The Morgan fingerprint density at radius 3 is 2.32 bits per heavy atom. The Bertz CT molecular complexity index is 941. The number of benzene rings is 2. The molecule has 1 N–H and O–H groups in total. The summed E-state index contributed by atoms with van der Waals surface area (Å²) in [5.41, 5.74) is 1.88. The Hall–Kier alpha value is -1.60. The molecule has 0 aliphatic carbocycles. The summed E-state index contributed by atoms with van der Waals surface area (Å²) in [5, 5.41) is 3.42. The van der Waals surface area contributed by atoms with Gasteiger partial charge in [-0.1, -0.05) is 23.2 Å². The Kier molecular flexibility index (Phi) is 5.79. The maximum absolute atomic E-state index is 12.6. The van der Waals surface area contributed by atoms with Gasteiger partial charge in [-0.15, -0.1) is 0 Å². The molecule has 1 amide bonds. The van der Waals surface area contributed by atoms with Crippen LogP contribution in [0, 0.1) is 13.8 Å². The zero-order chi connectivity index (χ0) is 18.9. The zero-order valence-corrected chi connectivity index (χ0v) is 16.6. The highest BCUT2D eigenvalue weighted by Crippen LogP contribution is 2.27. The third-order valence-corrected chi connectivity index (χ3v) is 6.32. The van der Waals surface area contributed by atoms with Gasteiger partial charge < -0.3 is 5.32 Å². The minimum atomic E-state index is -3.67. The lowest BCUT2D eigenvalue weighted by Gasteiger charge is -2.16. The van der Waals surface area contributed by atoms with Gasteiger partial charge in [-0.05, 0) is 55.3 Å². The van der Waals surface area contributed by atoms with Crippen molar-refractivity contribution < 1.29 is 13.2 Å². The smallest absolute Gasteiger partial charge is 0.255 e. The zero-order valence-electron chi connectivity index (χ0n) is 14.2. The number of hydrogen-bond donors (Lipinski definition) is 1. The number of carbonyl (C=O) groups excluding carboxylic acids is 1. The molecule has 0 heterocycles. The van der Waals surface area contributed by atoms with Gasteiger partial charge in [0.1, 0.15) is 0 Å². The van der Waals surface area contributed by atoms with Crippen molar-refractivity contribution in [1.82, 2.24) is 4.31 Å². The molecule has 0 saturated carbocycles. The molecule has 5 nitrogen and oxygen atoms in total. The van der Waals surface area contributed by atoms with Gasteiger partial charge in [-0.2, -0.15) is 0 Å². The summed E-state index contributed by atoms with van der Waals surface area (Å²) < 4.78 is 26.1. The van der Waals surface area contributed by atoms with Crippen LogP contribution in [0.5, 0.6) is 0 Å². The number of aryl methyl sites for hydroxylation is 1. The van der Waals surface area contributed by atoms with Gasteiger partial charge in [0.25, 0.3) is 5.91 Å². The van der Waals surface area contributed by atoms with E-state index in [-0.39, 0.29) is 10.5 Å². The van der Waals surface area contributed by atoms with Crippen LogP contribution in [0.1, 0.15) is 21.5 Å². The molecule has 0 atom stereocenters. The highest BCUT2D eigenvalue weighted by molar-refractivity contribution is 7.89. The number of nitrogens with zero attached hydrogens (tertiary/aromatic N) is 1. The second-order valence-corrected chi connectivity index (χ2v) is 8.75. The average Bonchev–Trinajstić information content (AvgIpc) is 2.52. The van der Waals surface area contributed by atoms with E-state index in [1.165, 1.54) is 26.2 Å². The quantitative estimate of drug-likeness (QED) is 0.839. The predicted octanol–water partition coefficient (Wildman–Crippen LogP) is 4.11. The summed E-state index contributed by atoms with van der Waals surface area (Å²) in [5.74, 6) is -0.470. The van der Waals surface area contributed by atoms with Gasteiger partial charge in [-0.3, -0.25) is 4.79 Å². The van der Waals surface area contributed by atoms with Crippen molar-refractivity contribution in [2.45, 2.75) is 18.7 Å². The van der Waals surface area contributed by atoms with E-state index in [4.69, 9.17) is 23.2 Å². The normalized spacial score (nSPS) is 11.6. The molecule has 0 radical (unpaired) electrons. The van der Waals surface area contributed by atoms with Gasteiger partial charge in [-0.25, -0.2) is 12.7 Å². The Labute approximate surface area is 157 Å². The van der Waals surface area contributed by atoms with Crippen LogP contribution in [0.15, 0.2) is 35.2 Å². The van der Waals surface area contributed by atoms with Crippen molar-refractivity contribution in [3.8, 4) is 0 Å². The Balaban J connectivity index is 2.48. The molecule has 2 aromatic rings. The molecular formula is C17H18Cl2N2O3S. The minimum absolute atomic E-state index is 0.0971. The first-order valence-electron chi connectivity index (χ1n) is 7.34. The molecule has 2 aromatic carbocycles. The molecule has 0 aliphatic heterocycles. The summed E-state index contributed by atoms with van der Waals surface area (Å²) in [6, 6.07) is 7.71. The molecular weight excluding hydrogens is 383 g/mol. The highest BCUT2D eigenvalue weighted by atomic mass is 35.5. The number of anilines is 1. The topological polar surface area (TPSA) is 66.5 Å². The van der Waals surface area contributed by atoms with Gasteiger partial charge >= 0.3 is 0 Å². The van der Waals surface area contributed by atoms with Crippen molar-refractivity contribution in [2.75, 3.05) is 19.4 Å². The lowest BCUT2D eigenvalue weighted by Crippen LogP contribution is -2.24. The van der Waals surface area contributed by atoms with Gasteiger partial charge in [0.05, 0.1) is 15.6 Å². The van der Waals surface area contributed by atoms with E-state index in [0.717, 1.165) is 4.31 Å². The molecule has 0 bridgehead atoms. The van der Waals surface area contributed by atoms with Crippen LogP contribution >= 0.6 is 23.2 Å². The standard InChI is InChI=1S/C17H18Cl2N2O3S/c1-10-7-12(8-16(11(10)2)25(23,24)21(3)4)17(22)20-15-9-13(18)5-6-14(15)19/h5-9H,1-4H3,(H,20,22). The van der Waals surface area contributed by atoms with E-state index in [9.17, 15) is 13.2 Å². The first-order valence-corrected chi connectivity index (χ1v) is 9.54. The largest absolute Gasteiger partial charge is 0.321 e. The Morgan fingerprint density at radius 1 is 1.08 bits per heavy atom. The average molecular weight is 401 g/mol. The van der Waals surface area contributed by atoms with E-state index < -0.39 is 15.9 Å². The van der Waals surface area contributed by atoms with Crippen molar-refractivity contribution >= 4 is 44.8 Å². The van der Waals surface area contributed by atoms with Crippen molar-refractivity contribution in [1.29, 1.82) is 0 Å². The van der Waals surface area contributed by atoms with Gasteiger partial charge in [0.15, 0.2) is 0 Å². The van der Waals surface area contributed by atoms with Gasteiger partial charge in [0, 0.05) is 24.7 Å². The SMILES string of the molecule is Cc1cc(C(=O)Nc2cc(Cl)ccc2Cl)cc(S(=O)(=O)N(C)C)c1C. The van der Waals surface area contributed by atoms with Crippen LogP contribution in [0.4, 0.5) is 5.69 Å². The van der Waals surface area contributed by atoms with E-state index in [1.807, 2.05) is 0 Å². The number of nitrogens with one attached hydrogen (secondary N) is 1. The predicted molar refractivity (Wildman–Crippen MR) is 101 cm³/mol. The molecule has 0 spiro atoms. The fourth-order valence-corrected chi connectivity index (χ4v) is 3.76. The summed E-state index contributed by atoms with van der Waals surface area (Å²) in [6.45, 7) is 3.47. The maximum Gasteiger partial charge on any atom is 0.255 e. The molecule has 0 aliphatic rings. The van der Waals surface area contributed by atoms with Crippen LogP contribution in [-0.4, -0.2) is 32.7 Å². The minimum Gasteiger partial charge on any atom is -0.321 e. The summed E-state index contributed by atoms with van der Waals surface area (Å²) in [6.07, 6.45) is 0. The van der Waals surface area contributed by atoms with Crippen LogP contribution in [0.25, 0.3) is 0 Å². The third kappa shape index (κ3) is 4.15. The molecule has 0 saturated heterocycles. The lowest BCUT2D eigenvalue weighted by atomic mass is 10.1. The molecule has 0 fully saturated rings. The summed E-state index contributed by atoms with van der Waals surface area (Å²) in [7, 11) is -0.774. The summed E-state index contributed by atoms with van der Waals surface area (Å²) >= 11 is 12.0. The van der Waals surface area contributed by atoms with Crippen LogP contribution in [-0.2, 0) is 10.0 Å². The lowest BCUT2D eigenvalue weighted by molar-refractivity contribution is 0.102. The molecule has 0 unspecified atom stereocenters. The third-order valence-electron chi connectivity index (χ3n) is 3.82. The monoisotopic (exact) mass is 400 g/mol. The van der Waals surface area contributed by atoms with Crippen molar-refractivity contribution in [3.63, 3.8) is 0 Å². The van der Waals surface area contributed by atoms with Crippen LogP contribution in [0.3, 0.4) is 0 Å². The van der Waals surface area contributed by atoms with Crippen molar-refractivity contribution in [2.24, 2.45) is 0 Å². The molecule has 134 valence electrons. The van der Waals surface area contributed by atoms with E-state index in [1.54, 1.807) is 32.0 Å². The van der Waals surface area contributed by atoms with Crippen LogP contribution < -0.4 is 5.32 Å². The van der Waals surface area contributed by atoms with Crippen LogP contribution in [0.2, 0.25) is 10.0 Å². The fraction of sp³-hybridized carbons (Fsp3) is 0.235. The highest BCUT2D eigenvalue weighted by Gasteiger charge is 2.23. The fourth-order valence-electron chi connectivity index (χ4n) is 2.21. The van der Waals surface area contributed by atoms with E-state index in [0.29, 0.717) is 26.9 Å². The number of amides is 1. The first kappa shape index (κ1) is 19.7. The first-order chi connectivity index (χ1) is 11.5. The van der Waals surface area contributed by atoms with Crippen molar-refractivity contribution in [3.05, 3.63) is 57.1 Å². The van der Waals surface area contributed by atoms with E-state index >= 15 is 0 Å². The molecule has 2 rings (SSSR count). The number of hydrogen-bond acceptors (Lipinski definition) is 3. The van der Waals surface area contributed by atoms with E-state index in [2.05, 4.69) is 5.32 Å². The molecule has 0 aromatic heterocycles. The molecule has 25 heavy (non-hydrogen) atoms. The second kappa shape index (κ2) is 7.33. The summed E-state index contributed by atoms with van der Waals surface area (Å²) in [4.78, 5) is 12.7. The van der Waals surface area contributed by atoms with Gasteiger partial charge in [0.2, 0.25) is 10.0 Å². The second-order valence-electron chi connectivity index (χ2n) is 5.78. The number of sulfonamides is 1. The number of rotatable bonds is 4. The maximum atomic E-state index is 12.6. The molecule has 8 heteroatoms. The Morgan fingerprint density at radius 2 is 1.72 bits per heavy atom. The number of halogens is 2.